The number of aliphatic hydroxyl groups is 1. The molecule has 0 aromatic heterocycles. The summed E-state index contributed by atoms with van der Waals surface area (Å²) in [6.07, 6.45) is 8.52. The Morgan fingerprint density at radius 1 is 1.12 bits per heavy atom. The zero-order chi connectivity index (χ0) is 11.2. The molecule has 0 heterocycles. The van der Waals surface area contributed by atoms with Crippen molar-refractivity contribution < 1.29 is 9.84 Å². The lowest BCUT2D eigenvalue weighted by Gasteiger charge is -2.16. The summed E-state index contributed by atoms with van der Waals surface area (Å²) >= 11 is 0. The molecular weight excluding hydrogens is 200 g/mol. The topological polar surface area (TPSA) is 29.5 Å². The minimum absolute atomic E-state index is 0.0769. The van der Waals surface area contributed by atoms with E-state index in [0.29, 0.717) is 6.61 Å². The molecule has 1 aromatic carbocycles. The lowest BCUT2D eigenvalue weighted by molar-refractivity contribution is 0.336. The molecule has 2 heteroatoms. The van der Waals surface area contributed by atoms with Crippen molar-refractivity contribution in [2.45, 2.75) is 25.7 Å². The SMILES string of the molecule is OC/C=C/COc1ccc2c(c1)CCCC2. The van der Waals surface area contributed by atoms with Crippen molar-refractivity contribution in [2.75, 3.05) is 13.2 Å². The Labute approximate surface area is 96.6 Å². The van der Waals surface area contributed by atoms with Crippen LogP contribution in [0.5, 0.6) is 5.75 Å². The predicted octanol–water partition coefficient (Wildman–Crippen LogP) is 2.49. The maximum atomic E-state index is 8.58. The standard InChI is InChI=1S/C14H18O2/c15-9-3-4-10-16-14-8-7-12-5-1-2-6-13(12)11-14/h3-4,7-8,11,15H,1-2,5-6,9-10H2/b4-3+. The zero-order valence-corrected chi connectivity index (χ0v) is 9.48. The molecule has 1 aliphatic carbocycles. The highest BCUT2D eigenvalue weighted by Crippen LogP contribution is 2.25. The van der Waals surface area contributed by atoms with Crippen LogP contribution in [0.4, 0.5) is 0 Å². The molecule has 0 atom stereocenters. The van der Waals surface area contributed by atoms with E-state index in [0.717, 1.165) is 5.75 Å². The quantitative estimate of drug-likeness (QED) is 0.787. The minimum atomic E-state index is 0.0769. The van der Waals surface area contributed by atoms with E-state index in [1.165, 1.54) is 36.8 Å². The second-order valence-electron chi connectivity index (χ2n) is 4.10. The summed E-state index contributed by atoms with van der Waals surface area (Å²) in [6.45, 7) is 0.604. The molecule has 0 saturated heterocycles. The van der Waals surface area contributed by atoms with E-state index in [-0.39, 0.29) is 6.61 Å². The first-order chi connectivity index (χ1) is 7.90. The number of benzene rings is 1. The van der Waals surface area contributed by atoms with Crippen molar-refractivity contribution in [3.05, 3.63) is 41.5 Å². The molecule has 2 rings (SSSR count). The van der Waals surface area contributed by atoms with Crippen molar-refractivity contribution in [3.8, 4) is 5.75 Å². The third-order valence-corrected chi connectivity index (χ3v) is 2.94. The highest BCUT2D eigenvalue weighted by molar-refractivity contribution is 5.37. The Hall–Kier alpha value is -1.28. The van der Waals surface area contributed by atoms with Crippen molar-refractivity contribution in [1.29, 1.82) is 0 Å². The minimum Gasteiger partial charge on any atom is -0.490 e. The zero-order valence-electron chi connectivity index (χ0n) is 9.48. The number of ether oxygens (including phenoxy) is 1. The van der Waals surface area contributed by atoms with Gasteiger partial charge >= 0.3 is 0 Å². The lowest BCUT2D eigenvalue weighted by Crippen LogP contribution is -2.03. The molecule has 0 radical (unpaired) electrons. The van der Waals surface area contributed by atoms with Crippen LogP contribution in [-0.4, -0.2) is 18.3 Å². The van der Waals surface area contributed by atoms with Gasteiger partial charge in [0, 0.05) is 0 Å². The Morgan fingerprint density at radius 2 is 1.94 bits per heavy atom. The molecule has 0 bridgehead atoms. The summed E-state index contributed by atoms with van der Waals surface area (Å²) in [5.74, 6) is 0.934. The number of hydrogen-bond acceptors (Lipinski definition) is 2. The summed E-state index contributed by atoms with van der Waals surface area (Å²) < 4.78 is 5.58. The second kappa shape index (κ2) is 5.71. The van der Waals surface area contributed by atoms with Gasteiger partial charge in [0.2, 0.25) is 0 Å². The van der Waals surface area contributed by atoms with E-state index in [2.05, 4.69) is 12.1 Å². The fraction of sp³-hybridized carbons (Fsp3) is 0.429. The van der Waals surface area contributed by atoms with E-state index < -0.39 is 0 Å². The van der Waals surface area contributed by atoms with Gasteiger partial charge in [0.15, 0.2) is 0 Å². The lowest BCUT2D eigenvalue weighted by atomic mass is 9.92. The van der Waals surface area contributed by atoms with Crippen LogP contribution >= 0.6 is 0 Å². The molecule has 2 nitrogen and oxygen atoms in total. The van der Waals surface area contributed by atoms with Gasteiger partial charge in [-0.15, -0.1) is 0 Å². The smallest absolute Gasteiger partial charge is 0.120 e. The summed E-state index contributed by atoms with van der Waals surface area (Å²) in [6, 6.07) is 6.37. The number of rotatable bonds is 4. The molecule has 16 heavy (non-hydrogen) atoms. The van der Waals surface area contributed by atoms with Gasteiger partial charge in [0.05, 0.1) is 6.61 Å². The van der Waals surface area contributed by atoms with E-state index in [9.17, 15) is 0 Å². The largest absolute Gasteiger partial charge is 0.490 e. The van der Waals surface area contributed by atoms with Gasteiger partial charge in [-0.25, -0.2) is 0 Å². The highest BCUT2D eigenvalue weighted by Gasteiger charge is 2.09. The molecule has 1 aliphatic rings. The van der Waals surface area contributed by atoms with Crippen LogP contribution in [0.25, 0.3) is 0 Å². The maximum absolute atomic E-state index is 8.58. The number of aryl methyl sites for hydroxylation is 2. The molecule has 1 aromatic rings. The Morgan fingerprint density at radius 3 is 2.75 bits per heavy atom. The summed E-state index contributed by atoms with van der Waals surface area (Å²) in [4.78, 5) is 0. The third-order valence-electron chi connectivity index (χ3n) is 2.94. The maximum Gasteiger partial charge on any atom is 0.120 e. The van der Waals surface area contributed by atoms with Gasteiger partial charge < -0.3 is 9.84 Å². The van der Waals surface area contributed by atoms with Crippen LogP contribution in [-0.2, 0) is 12.8 Å². The molecule has 0 unspecified atom stereocenters. The monoisotopic (exact) mass is 218 g/mol. The molecule has 0 fully saturated rings. The first-order valence-corrected chi connectivity index (χ1v) is 5.90. The van der Waals surface area contributed by atoms with Gasteiger partial charge in [-0.1, -0.05) is 12.1 Å². The van der Waals surface area contributed by atoms with Gasteiger partial charge in [-0.05, 0) is 55.0 Å². The fourth-order valence-electron chi connectivity index (χ4n) is 2.09. The van der Waals surface area contributed by atoms with Crippen LogP contribution in [0.2, 0.25) is 0 Å². The molecule has 1 N–H and O–H groups in total. The third kappa shape index (κ3) is 2.86. The molecule has 0 saturated carbocycles. The Balaban J connectivity index is 1.97. The van der Waals surface area contributed by atoms with Crippen LogP contribution in [0.3, 0.4) is 0 Å². The predicted molar refractivity (Wildman–Crippen MR) is 64.8 cm³/mol. The molecular formula is C14H18O2. The van der Waals surface area contributed by atoms with E-state index in [1.807, 2.05) is 12.1 Å². The van der Waals surface area contributed by atoms with Crippen molar-refractivity contribution in [3.63, 3.8) is 0 Å². The van der Waals surface area contributed by atoms with Crippen LogP contribution in [0.1, 0.15) is 24.0 Å². The van der Waals surface area contributed by atoms with Crippen molar-refractivity contribution in [1.82, 2.24) is 0 Å². The fourth-order valence-corrected chi connectivity index (χ4v) is 2.09. The van der Waals surface area contributed by atoms with Crippen LogP contribution < -0.4 is 4.74 Å². The molecule has 86 valence electrons. The van der Waals surface area contributed by atoms with E-state index in [4.69, 9.17) is 9.84 Å². The van der Waals surface area contributed by atoms with E-state index in [1.54, 1.807) is 6.08 Å². The number of hydrogen-bond donors (Lipinski definition) is 1. The van der Waals surface area contributed by atoms with Gasteiger partial charge in [-0.3, -0.25) is 0 Å². The van der Waals surface area contributed by atoms with Crippen molar-refractivity contribution >= 4 is 0 Å². The average Bonchev–Trinajstić information content (AvgIpc) is 2.34. The molecule has 0 spiro atoms. The van der Waals surface area contributed by atoms with Gasteiger partial charge in [0.1, 0.15) is 12.4 Å². The second-order valence-corrected chi connectivity index (χ2v) is 4.10. The van der Waals surface area contributed by atoms with Crippen molar-refractivity contribution in [2.24, 2.45) is 0 Å². The molecule has 0 aliphatic heterocycles. The Bertz CT molecular complexity index is 369. The van der Waals surface area contributed by atoms with Gasteiger partial charge in [-0.2, -0.15) is 0 Å². The molecule has 0 amide bonds. The number of fused-ring (bicyclic) bond motifs is 1. The first kappa shape index (κ1) is 11.2. The van der Waals surface area contributed by atoms with Crippen LogP contribution in [0.15, 0.2) is 30.4 Å². The summed E-state index contributed by atoms with van der Waals surface area (Å²) in [5, 5.41) is 8.58. The highest BCUT2D eigenvalue weighted by atomic mass is 16.5. The van der Waals surface area contributed by atoms with E-state index >= 15 is 0 Å². The van der Waals surface area contributed by atoms with Gasteiger partial charge in [0.25, 0.3) is 0 Å². The normalized spacial score (nSPS) is 15.1. The number of aliphatic hydroxyl groups excluding tert-OH is 1. The first-order valence-electron chi connectivity index (χ1n) is 5.90. The Kier molecular flexibility index (Phi) is 4.00. The summed E-state index contributed by atoms with van der Waals surface area (Å²) in [7, 11) is 0. The summed E-state index contributed by atoms with van der Waals surface area (Å²) in [5.41, 5.74) is 2.92. The van der Waals surface area contributed by atoms with Crippen LogP contribution in [0, 0.1) is 0 Å². The average molecular weight is 218 g/mol.